The molecule has 0 aliphatic carbocycles. The van der Waals surface area contributed by atoms with Crippen LogP contribution in [0.2, 0.25) is 0 Å². The van der Waals surface area contributed by atoms with Crippen molar-refractivity contribution in [3.63, 3.8) is 0 Å². The number of nitrogens with one attached hydrogen (secondary N) is 2. The molecule has 1 aromatic heterocycles. The first kappa shape index (κ1) is 18.1. The van der Waals surface area contributed by atoms with Crippen LogP contribution in [-0.4, -0.2) is 38.1 Å². The third-order valence-electron chi connectivity index (χ3n) is 3.33. The van der Waals surface area contributed by atoms with Crippen LogP contribution in [0.25, 0.3) is 0 Å². The predicted molar refractivity (Wildman–Crippen MR) is 82.7 cm³/mol. The van der Waals surface area contributed by atoms with Gasteiger partial charge in [0.2, 0.25) is 15.9 Å². The second-order valence-electron chi connectivity index (χ2n) is 4.79. The first-order chi connectivity index (χ1) is 9.83. The van der Waals surface area contributed by atoms with E-state index in [9.17, 15) is 18.3 Å². The molecule has 1 aromatic rings. The number of amides is 1. The number of hydrogen-bond donors (Lipinski definition) is 3. The molecule has 0 atom stereocenters. The van der Waals surface area contributed by atoms with E-state index in [1.165, 1.54) is 6.07 Å². The Morgan fingerprint density at radius 1 is 1.38 bits per heavy atom. The average Bonchev–Trinajstić information content (AvgIpc) is 2.99. The average molecular weight is 334 g/mol. The van der Waals surface area contributed by atoms with E-state index >= 15 is 0 Å². The molecule has 0 aliphatic heterocycles. The van der Waals surface area contributed by atoms with E-state index in [0.717, 1.165) is 11.3 Å². The van der Waals surface area contributed by atoms with Gasteiger partial charge in [0.05, 0.1) is 5.60 Å². The van der Waals surface area contributed by atoms with Crippen LogP contribution in [0, 0.1) is 0 Å². The topological polar surface area (TPSA) is 95.5 Å². The van der Waals surface area contributed by atoms with E-state index in [4.69, 9.17) is 0 Å². The van der Waals surface area contributed by atoms with Crippen LogP contribution in [0.3, 0.4) is 0 Å². The maximum absolute atomic E-state index is 11.8. The molecule has 120 valence electrons. The second-order valence-corrected chi connectivity index (χ2v) is 7.73. The number of sulfonamides is 1. The van der Waals surface area contributed by atoms with Crippen molar-refractivity contribution in [3.05, 3.63) is 17.5 Å². The summed E-state index contributed by atoms with van der Waals surface area (Å²) in [6, 6.07) is 3.16. The standard InChI is InChI=1S/C13H22N2O4S2/c1-3-13(17,4-2)10-14-11(16)7-8-15-21(18,19)12-6-5-9-20-12/h5-6,9,15,17H,3-4,7-8,10H2,1-2H3,(H,14,16). The fourth-order valence-corrected chi connectivity index (χ4v) is 3.71. The van der Waals surface area contributed by atoms with Gasteiger partial charge in [0.25, 0.3) is 0 Å². The van der Waals surface area contributed by atoms with Crippen molar-refractivity contribution in [2.75, 3.05) is 13.1 Å². The van der Waals surface area contributed by atoms with Gasteiger partial charge in [-0.1, -0.05) is 19.9 Å². The normalized spacial score (nSPS) is 12.3. The maximum atomic E-state index is 11.8. The number of aliphatic hydroxyl groups is 1. The summed E-state index contributed by atoms with van der Waals surface area (Å²) in [7, 11) is -3.53. The highest BCUT2D eigenvalue weighted by molar-refractivity contribution is 7.91. The minimum absolute atomic E-state index is 0.0305. The Morgan fingerprint density at radius 2 is 2.05 bits per heavy atom. The van der Waals surface area contributed by atoms with Crippen LogP contribution in [-0.2, 0) is 14.8 Å². The Hall–Kier alpha value is -0.960. The zero-order valence-corrected chi connectivity index (χ0v) is 13.9. The number of rotatable bonds is 9. The fourth-order valence-electron chi connectivity index (χ4n) is 1.64. The molecule has 0 saturated heterocycles. The number of carbonyl (C=O) groups excluding carboxylic acids is 1. The van der Waals surface area contributed by atoms with Gasteiger partial charge in [0.15, 0.2) is 0 Å². The van der Waals surface area contributed by atoms with Gasteiger partial charge < -0.3 is 10.4 Å². The summed E-state index contributed by atoms with van der Waals surface area (Å²) in [6.45, 7) is 3.91. The molecule has 0 saturated carbocycles. The Morgan fingerprint density at radius 3 is 2.57 bits per heavy atom. The van der Waals surface area contributed by atoms with Gasteiger partial charge in [-0.25, -0.2) is 13.1 Å². The number of hydrogen-bond acceptors (Lipinski definition) is 5. The zero-order chi connectivity index (χ0) is 15.9. The molecule has 0 aliphatic rings. The van der Waals surface area contributed by atoms with Crippen molar-refractivity contribution in [2.45, 2.75) is 42.9 Å². The van der Waals surface area contributed by atoms with Crippen molar-refractivity contribution in [1.29, 1.82) is 0 Å². The Bertz CT molecular complexity index is 537. The lowest BCUT2D eigenvalue weighted by Gasteiger charge is -2.25. The molecule has 0 spiro atoms. The van der Waals surface area contributed by atoms with Crippen LogP contribution < -0.4 is 10.0 Å². The highest BCUT2D eigenvalue weighted by atomic mass is 32.2. The largest absolute Gasteiger partial charge is 0.388 e. The number of carbonyl (C=O) groups is 1. The lowest BCUT2D eigenvalue weighted by Crippen LogP contribution is -2.42. The second kappa shape index (κ2) is 7.88. The van der Waals surface area contributed by atoms with Gasteiger partial charge in [0, 0.05) is 19.5 Å². The molecular weight excluding hydrogens is 312 g/mol. The van der Waals surface area contributed by atoms with Crippen molar-refractivity contribution < 1.29 is 18.3 Å². The lowest BCUT2D eigenvalue weighted by atomic mass is 9.97. The van der Waals surface area contributed by atoms with Crippen LogP contribution >= 0.6 is 11.3 Å². The number of thiophene rings is 1. The molecule has 21 heavy (non-hydrogen) atoms. The summed E-state index contributed by atoms with van der Waals surface area (Å²) in [4.78, 5) is 11.6. The van der Waals surface area contributed by atoms with Gasteiger partial charge in [-0.3, -0.25) is 4.79 Å². The summed E-state index contributed by atoms with van der Waals surface area (Å²) in [5.41, 5.74) is -0.897. The molecule has 8 heteroatoms. The summed E-state index contributed by atoms with van der Waals surface area (Å²) >= 11 is 1.12. The summed E-state index contributed by atoms with van der Waals surface area (Å²) in [5.74, 6) is -0.288. The first-order valence-corrected chi connectivity index (χ1v) is 9.21. The molecule has 1 rings (SSSR count). The Kier molecular flexibility index (Phi) is 6.79. The lowest BCUT2D eigenvalue weighted by molar-refractivity contribution is -0.122. The van der Waals surface area contributed by atoms with Crippen molar-refractivity contribution in [2.24, 2.45) is 0 Å². The van der Waals surface area contributed by atoms with E-state index in [2.05, 4.69) is 10.0 Å². The van der Waals surface area contributed by atoms with E-state index in [-0.39, 0.29) is 29.6 Å². The molecule has 3 N–H and O–H groups in total. The van der Waals surface area contributed by atoms with Gasteiger partial charge in [-0.05, 0) is 24.3 Å². The smallest absolute Gasteiger partial charge is 0.250 e. The maximum Gasteiger partial charge on any atom is 0.250 e. The van der Waals surface area contributed by atoms with Gasteiger partial charge in [-0.2, -0.15) is 0 Å². The van der Waals surface area contributed by atoms with Crippen LogP contribution in [0.4, 0.5) is 0 Å². The SMILES string of the molecule is CCC(O)(CC)CNC(=O)CCNS(=O)(=O)c1cccs1. The highest BCUT2D eigenvalue weighted by Gasteiger charge is 2.22. The van der Waals surface area contributed by atoms with Crippen LogP contribution in [0.1, 0.15) is 33.1 Å². The first-order valence-electron chi connectivity index (χ1n) is 6.85. The molecular formula is C13H22N2O4S2. The fraction of sp³-hybridized carbons (Fsp3) is 0.615. The quantitative estimate of drug-likeness (QED) is 0.630. The van der Waals surface area contributed by atoms with E-state index in [1.807, 2.05) is 13.8 Å². The Balaban J connectivity index is 2.34. The molecule has 0 radical (unpaired) electrons. The van der Waals surface area contributed by atoms with Gasteiger partial charge in [-0.15, -0.1) is 11.3 Å². The highest BCUT2D eigenvalue weighted by Crippen LogP contribution is 2.15. The third-order valence-corrected chi connectivity index (χ3v) is 6.19. The molecule has 1 heterocycles. The van der Waals surface area contributed by atoms with Crippen LogP contribution in [0.5, 0.6) is 0 Å². The monoisotopic (exact) mass is 334 g/mol. The molecule has 0 aromatic carbocycles. The molecule has 0 bridgehead atoms. The molecule has 1 amide bonds. The summed E-state index contributed by atoms with van der Waals surface area (Å²) in [5, 5.41) is 14.3. The Labute approximate surface area is 129 Å². The van der Waals surface area contributed by atoms with Gasteiger partial charge >= 0.3 is 0 Å². The van der Waals surface area contributed by atoms with Gasteiger partial charge in [0.1, 0.15) is 4.21 Å². The van der Waals surface area contributed by atoms with Crippen molar-refractivity contribution >= 4 is 27.3 Å². The zero-order valence-electron chi connectivity index (χ0n) is 12.3. The molecule has 0 unspecified atom stereocenters. The van der Waals surface area contributed by atoms with E-state index < -0.39 is 15.6 Å². The minimum atomic E-state index is -3.53. The van der Waals surface area contributed by atoms with Crippen LogP contribution in [0.15, 0.2) is 21.7 Å². The minimum Gasteiger partial charge on any atom is -0.388 e. The van der Waals surface area contributed by atoms with Crippen molar-refractivity contribution in [3.8, 4) is 0 Å². The van der Waals surface area contributed by atoms with E-state index in [1.54, 1.807) is 11.4 Å². The predicted octanol–water partition coefficient (Wildman–Crippen LogP) is 1.08. The molecule has 0 fully saturated rings. The van der Waals surface area contributed by atoms with E-state index in [0.29, 0.717) is 12.8 Å². The third kappa shape index (κ3) is 5.74. The summed E-state index contributed by atoms with van der Waals surface area (Å²) in [6.07, 6.45) is 1.14. The molecule has 6 nitrogen and oxygen atoms in total. The summed E-state index contributed by atoms with van der Waals surface area (Å²) < 4.78 is 26.2. The van der Waals surface area contributed by atoms with Crippen molar-refractivity contribution in [1.82, 2.24) is 10.0 Å².